The Balaban J connectivity index is 1.89. The average Bonchev–Trinajstić information content (AvgIpc) is 2.91. The van der Waals surface area contributed by atoms with Crippen molar-refractivity contribution in [2.24, 2.45) is 5.73 Å². The first-order valence-corrected chi connectivity index (χ1v) is 6.08. The van der Waals surface area contributed by atoms with Crippen molar-refractivity contribution in [1.29, 1.82) is 0 Å². The van der Waals surface area contributed by atoms with Crippen LogP contribution in [0, 0.1) is 0 Å². The molecule has 3 aromatic rings. The number of benzene rings is 2. The quantitative estimate of drug-likeness (QED) is 0.754. The van der Waals surface area contributed by atoms with Crippen LogP contribution in [-0.2, 0) is 6.42 Å². The zero-order valence-electron chi connectivity index (χ0n) is 10.0. The van der Waals surface area contributed by atoms with Gasteiger partial charge in [0.1, 0.15) is 0 Å². The van der Waals surface area contributed by atoms with Gasteiger partial charge in [-0.15, -0.1) is 0 Å². The summed E-state index contributed by atoms with van der Waals surface area (Å²) in [4.78, 5) is 0. The van der Waals surface area contributed by atoms with Crippen LogP contribution in [0.4, 0.5) is 0 Å². The molecule has 90 valence electrons. The maximum atomic E-state index is 6.24. The van der Waals surface area contributed by atoms with Crippen LogP contribution in [0.1, 0.15) is 17.2 Å². The Bertz CT molecular complexity index is 643. The zero-order chi connectivity index (χ0) is 12.4. The Morgan fingerprint density at radius 3 is 2.61 bits per heavy atom. The SMILES string of the molecule is NC(Cc1ccoc1)c1ccc2ccccc2c1. The average molecular weight is 237 g/mol. The van der Waals surface area contributed by atoms with Crippen molar-refractivity contribution in [2.75, 3.05) is 0 Å². The highest BCUT2D eigenvalue weighted by molar-refractivity contribution is 5.83. The molecule has 3 rings (SSSR count). The molecular weight excluding hydrogens is 222 g/mol. The van der Waals surface area contributed by atoms with Crippen molar-refractivity contribution in [3.8, 4) is 0 Å². The minimum absolute atomic E-state index is 0.00667. The maximum absolute atomic E-state index is 6.24. The van der Waals surface area contributed by atoms with Crippen molar-refractivity contribution in [3.63, 3.8) is 0 Å². The standard InChI is InChI=1S/C16H15NO/c17-16(9-12-7-8-18-11-12)15-6-5-13-3-1-2-4-14(13)10-15/h1-8,10-11,16H,9,17H2. The Kier molecular flexibility index (Phi) is 2.87. The molecule has 2 heteroatoms. The van der Waals surface area contributed by atoms with E-state index in [0.717, 1.165) is 17.5 Å². The van der Waals surface area contributed by atoms with Gasteiger partial charge in [-0.2, -0.15) is 0 Å². The Hall–Kier alpha value is -2.06. The third-order valence-corrected chi connectivity index (χ3v) is 3.24. The summed E-state index contributed by atoms with van der Waals surface area (Å²) in [6.07, 6.45) is 4.23. The van der Waals surface area contributed by atoms with Crippen LogP contribution in [-0.4, -0.2) is 0 Å². The molecule has 0 spiro atoms. The van der Waals surface area contributed by atoms with Gasteiger partial charge in [0.2, 0.25) is 0 Å². The minimum atomic E-state index is 0.00667. The third-order valence-electron chi connectivity index (χ3n) is 3.24. The van der Waals surface area contributed by atoms with Crippen LogP contribution >= 0.6 is 0 Å². The van der Waals surface area contributed by atoms with Crippen molar-refractivity contribution in [2.45, 2.75) is 12.5 Å². The molecule has 0 aliphatic rings. The molecule has 1 atom stereocenters. The summed E-state index contributed by atoms with van der Waals surface area (Å²) >= 11 is 0. The maximum Gasteiger partial charge on any atom is 0.0935 e. The molecule has 1 aromatic heterocycles. The Morgan fingerprint density at radius 2 is 1.83 bits per heavy atom. The van der Waals surface area contributed by atoms with E-state index in [-0.39, 0.29) is 6.04 Å². The van der Waals surface area contributed by atoms with E-state index in [9.17, 15) is 0 Å². The van der Waals surface area contributed by atoms with Gasteiger partial charge in [-0.1, -0.05) is 36.4 Å². The zero-order valence-corrected chi connectivity index (χ0v) is 10.0. The molecular formula is C16H15NO. The lowest BCUT2D eigenvalue weighted by Crippen LogP contribution is -2.12. The number of rotatable bonds is 3. The molecule has 0 aliphatic carbocycles. The monoisotopic (exact) mass is 237 g/mol. The van der Waals surface area contributed by atoms with E-state index in [1.165, 1.54) is 10.8 Å². The van der Waals surface area contributed by atoms with E-state index < -0.39 is 0 Å². The Labute approximate surface area is 106 Å². The van der Waals surface area contributed by atoms with Crippen LogP contribution < -0.4 is 5.73 Å². The largest absolute Gasteiger partial charge is 0.472 e. The van der Waals surface area contributed by atoms with Gasteiger partial charge in [0, 0.05) is 6.04 Å². The predicted molar refractivity (Wildman–Crippen MR) is 73.3 cm³/mol. The Morgan fingerprint density at radius 1 is 1.00 bits per heavy atom. The summed E-state index contributed by atoms with van der Waals surface area (Å²) in [5.74, 6) is 0. The summed E-state index contributed by atoms with van der Waals surface area (Å²) in [7, 11) is 0. The molecule has 0 saturated carbocycles. The summed E-state index contributed by atoms with van der Waals surface area (Å²) in [6.45, 7) is 0. The second-order valence-corrected chi connectivity index (χ2v) is 4.55. The first-order chi connectivity index (χ1) is 8.83. The van der Waals surface area contributed by atoms with Crippen LogP contribution in [0.25, 0.3) is 10.8 Å². The van der Waals surface area contributed by atoms with Crippen LogP contribution in [0.2, 0.25) is 0 Å². The molecule has 2 N–H and O–H groups in total. The summed E-state index contributed by atoms with van der Waals surface area (Å²) in [6, 6.07) is 16.7. The number of hydrogen-bond donors (Lipinski definition) is 1. The van der Waals surface area contributed by atoms with Gasteiger partial charge >= 0.3 is 0 Å². The molecule has 0 saturated heterocycles. The first-order valence-electron chi connectivity index (χ1n) is 6.08. The molecule has 1 unspecified atom stereocenters. The fourth-order valence-corrected chi connectivity index (χ4v) is 2.22. The second kappa shape index (κ2) is 4.67. The molecule has 2 aromatic carbocycles. The topological polar surface area (TPSA) is 39.2 Å². The van der Waals surface area contributed by atoms with Crippen LogP contribution in [0.15, 0.2) is 65.5 Å². The summed E-state index contributed by atoms with van der Waals surface area (Å²) in [5, 5.41) is 2.48. The number of furan rings is 1. The van der Waals surface area contributed by atoms with Crippen LogP contribution in [0.3, 0.4) is 0 Å². The molecule has 0 radical (unpaired) electrons. The molecule has 1 heterocycles. The lowest BCUT2D eigenvalue weighted by atomic mass is 9.98. The number of fused-ring (bicyclic) bond motifs is 1. The second-order valence-electron chi connectivity index (χ2n) is 4.55. The normalized spacial score (nSPS) is 12.7. The van der Waals surface area contributed by atoms with E-state index in [2.05, 4.69) is 30.3 Å². The smallest absolute Gasteiger partial charge is 0.0935 e. The van der Waals surface area contributed by atoms with Gasteiger partial charge in [0.15, 0.2) is 0 Å². The number of hydrogen-bond acceptors (Lipinski definition) is 2. The van der Waals surface area contributed by atoms with E-state index in [1.807, 2.05) is 18.2 Å². The van der Waals surface area contributed by atoms with E-state index in [4.69, 9.17) is 10.2 Å². The van der Waals surface area contributed by atoms with Gasteiger partial charge in [-0.25, -0.2) is 0 Å². The van der Waals surface area contributed by atoms with Gasteiger partial charge < -0.3 is 10.2 Å². The summed E-state index contributed by atoms with van der Waals surface area (Å²) in [5.41, 5.74) is 8.53. The summed E-state index contributed by atoms with van der Waals surface area (Å²) < 4.78 is 5.07. The van der Waals surface area contributed by atoms with Crippen molar-refractivity contribution >= 4 is 10.8 Å². The molecule has 0 fully saturated rings. The lowest BCUT2D eigenvalue weighted by Gasteiger charge is -2.11. The predicted octanol–water partition coefficient (Wildman–Crippen LogP) is 3.68. The lowest BCUT2D eigenvalue weighted by molar-refractivity contribution is 0.561. The van der Waals surface area contributed by atoms with Crippen molar-refractivity contribution in [1.82, 2.24) is 0 Å². The number of nitrogens with two attached hydrogens (primary N) is 1. The minimum Gasteiger partial charge on any atom is -0.472 e. The molecule has 0 bridgehead atoms. The first kappa shape index (κ1) is 11.1. The highest BCUT2D eigenvalue weighted by Gasteiger charge is 2.08. The fourth-order valence-electron chi connectivity index (χ4n) is 2.22. The highest BCUT2D eigenvalue weighted by atomic mass is 16.3. The van der Waals surface area contributed by atoms with Gasteiger partial charge in [0.25, 0.3) is 0 Å². The van der Waals surface area contributed by atoms with E-state index >= 15 is 0 Å². The van der Waals surface area contributed by atoms with Gasteiger partial charge in [0.05, 0.1) is 12.5 Å². The molecule has 0 amide bonds. The van der Waals surface area contributed by atoms with Crippen molar-refractivity contribution in [3.05, 3.63) is 72.2 Å². The molecule has 0 aliphatic heterocycles. The van der Waals surface area contributed by atoms with Crippen LogP contribution in [0.5, 0.6) is 0 Å². The third kappa shape index (κ3) is 2.15. The van der Waals surface area contributed by atoms with E-state index in [0.29, 0.717) is 0 Å². The highest BCUT2D eigenvalue weighted by Crippen LogP contribution is 2.21. The molecule has 2 nitrogen and oxygen atoms in total. The van der Waals surface area contributed by atoms with Crippen molar-refractivity contribution < 1.29 is 4.42 Å². The fraction of sp³-hybridized carbons (Fsp3) is 0.125. The van der Waals surface area contributed by atoms with Gasteiger partial charge in [-0.05, 0) is 40.5 Å². The van der Waals surface area contributed by atoms with Gasteiger partial charge in [-0.3, -0.25) is 0 Å². The molecule has 18 heavy (non-hydrogen) atoms. The van der Waals surface area contributed by atoms with E-state index in [1.54, 1.807) is 12.5 Å².